The first-order valence-electron chi connectivity index (χ1n) is 2.60. The highest BCUT2D eigenvalue weighted by molar-refractivity contribution is 7.16. The fourth-order valence-electron chi connectivity index (χ4n) is 0.658. The van der Waals surface area contributed by atoms with E-state index in [9.17, 15) is 4.79 Å². The summed E-state index contributed by atoms with van der Waals surface area (Å²) in [6.45, 7) is 1.74. The van der Waals surface area contributed by atoms with Crippen LogP contribution in [-0.2, 0) is 0 Å². The van der Waals surface area contributed by atoms with Gasteiger partial charge < -0.3 is 5.11 Å². The fourth-order valence-corrected chi connectivity index (χ4v) is 1.84. The standard InChI is InChI=1S/C6H5ClO2S/c1-3-4(6(8)9)2-5(7)10-3/h2H,1H3,(H,8,9). The average Bonchev–Trinajstić information content (AvgIpc) is 2.10. The maximum atomic E-state index is 10.4. The van der Waals surface area contributed by atoms with Gasteiger partial charge in [0.05, 0.1) is 9.90 Å². The van der Waals surface area contributed by atoms with E-state index >= 15 is 0 Å². The maximum Gasteiger partial charge on any atom is 0.336 e. The van der Waals surface area contributed by atoms with Gasteiger partial charge >= 0.3 is 5.97 Å². The minimum absolute atomic E-state index is 0.301. The van der Waals surface area contributed by atoms with Crippen molar-refractivity contribution < 1.29 is 9.90 Å². The van der Waals surface area contributed by atoms with Crippen LogP contribution in [0.3, 0.4) is 0 Å². The largest absolute Gasteiger partial charge is 0.478 e. The number of aryl methyl sites for hydroxylation is 1. The van der Waals surface area contributed by atoms with Crippen molar-refractivity contribution in [2.75, 3.05) is 0 Å². The molecular weight excluding hydrogens is 172 g/mol. The minimum Gasteiger partial charge on any atom is -0.478 e. The van der Waals surface area contributed by atoms with E-state index in [0.29, 0.717) is 9.90 Å². The van der Waals surface area contributed by atoms with Crippen LogP contribution in [0.4, 0.5) is 0 Å². The van der Waals surface area contributed by atoms with Crippen molar-refractivity contribution in [3.8, 4) is 0 Å². The molecule has 0 spiro atoms. The average molecular weight is 177 g/mol. The third kappa shape index (κ3) is 1.30. The molecule has 1 N–H and O–H groups in total. The van der Waals surface area contributed by atoms with E-state index in [0.717, 1.165) is 4.88 Å². The zero-order valence-electron chi connectivity index (χ0n) is 5.22. The molecule has 0 aliphatic carbocycles. The highest BCUT2D eigenvalue weighted by Crippen LogP contribution is 2.25. The van der Waals surface area contributed by atoms with Crippen LogP contribution in [0.25, 0.3) is 0 Å². The molecule has 54 valence electrons. The lowest BCUT2D eigenvalue weighted by Gasteiger charge is -1.86. The Kier molecular flexibility index (Phi) is 1.97. The summed E-state index contributed by atoms with van der Waals surface area (Å²) in [4.78, 5) is 11.1. The number of carbonyl (C=O) groups is 1. The lowest BCUT2D eigenvalue weighted by molar-refractivity contribution is 0.0697. The van der Waals surface area contributed by atoms with Crippen molar-refractivity contribution >= 4 is 28.9 Å². The molecule has 0 aliphatic rings. The summed E-state index contributed by atoms with van der Waals surface area (Å²) in [6, 6.07) is 1.46. The van der Waals surface area contributed by atoms with Crippen LogP contribution in [0.5, 0.6) is 0 Å². The van der Waals surface area contributed by atoms with Crippen molar-refractivity contribution in [1.29, 1.82) is 0 Å². The van der Waals surface area contributed by atoms with E-state index in [1.165, 1.54) is 17.4 Å². The number of thiophene rings is 1. The maximum absolute atomic E-state index is 10.4. The van der Waals surface area contributed by atoms with Crippen LogP contribution in [0.15, 0.2) is 6.07 Å². The molecule has 0 bridgehead atoms. The number of aromatic carboxylic acids is 1. The number of rotatable bonds is 1. The van der Waals surface area contributed by atoms with Gasteiger partial charge in [-0.05, 0) is 13.0 Å². The number of hydrogen-bond donors (Lipinski definition) is 1. The summed E-state index contributed by atoms with van der Waals surface area (Å²) < 4.78 is 0.523. The second-order valence-electron chi connectivity index (χ2n) is 1.83. The summed E-state index contributed by atoms with van der Waals surface area (Å²) in [5, 5.41) is 8.53. The highest BCUT2D eigenvalue weighted by atomic mass is 35.5. The fraction of sp³-hybridized carbons (Fsp3) is 0.167. The van der Waals surface area contributed by atoms with Gasteiger partial charge in [0.25, 0.3) is 0 Å². The third-order valence-corrected chi connectivity index (χ3v) is 2.30. The van der Waals surface area contributed by atoms with Gasteiger partial charge in [-0.25, -0.2) is 4.79 Å². The SMILES string of the molecule is Cc1sc(Cl)cc1C(=O)O. The summed E-state index contributed by atoms with van der Waals surface area (Å²) in [5.41, 5.74) is 0.301. The molecule has 10 heavy (non-hydrogen) atoms. The molecule has 0 amide bonds. The molecule has 0 saturated carbocycles. The second-order valence-corrected chi connectivity index (χ2v) is 3.71. The molecule has 0 radical (unpaired) electrons. The first kappa shape index (κ1) is 7.57. The van der Waals surface area contributed by atoms with Crippen LogP contribution < -0.4 is 0 Å². The third-order valence-electron chi connectivity index (χ3n) is 1.12. The van der Waals surface area contributed by atoms with Gasteiger partial charge in [0.15, 0.2) is 0 Å². The number of carboxylic acid groups (broad SMARTS) is 1. The lowest BCUT2D eigenvalue weighted by Crippen LogP contribution is -1.94. The predicted molar refractivity (Wildman–Crippen MR) is 41.0 cm³/mol. The molecule has 4 heteroatoms. The Labute approximate surface area is 67.1 Å². The quantitative estimate of drug-likeness (QED) is 0.714. The van der Waals surface area contributed by atoms with Gasteiger partial charge in [-0.1, -0.05) is 11.6 Å². The highest BCUT2D eigenvalue weighted by Gasteiger charge is 2.09. The zero-order valence-corrected chi connectivity index (χ0v) is 6.79. The molecule has 1 aromatic rings. The first-order chi connectivity index (χ1) is 4.61. The van der Waals surface area contributed by atoms with E-state index in [-0.39, 0.29) is 0 Å². The van der Waals surface area contributed by atoms with Gasteiger partial charge in [-0.2, -0.15) is 0 Å². The van der Waals surface area contributed by atoms with Crippen LogP contribution in [-0.4, -0.2) is 11.1 Å². The second kappa shape index (κ2) is 2.60. The molecule has 0 fully saturated rings. The molecule has 2 nitrogen and oxygen atoms in total. The minimum atomic E-state index is -0.916. The Hall–Kier alpha value is -0.540. The van der Waals surface area contributed by atoms with Gasteiger partial charge in [0.1, 0.15) is 0 Å². The van der Waals surface area contributed by atoms with Crippen molar-refractivity contribution in [2.45, 2.75) is 6.92 Å². The molecule has 0 aliphatic heterocycles. The van der Waals surface area contributed by atoms with Crippen molar-refractivity contribution in [3.63, 3.8) is 0 Å². The lowest BCUT2D eigenvalue weighted by atomic mass is 10.3. The van der Waals surface area contributed by atoms with Crippen molar-refractivity contribution in [2.24, 2.45) is 0 Å². The molecule has 1 aromatic heterocycles. The Balaban J connectivity index is 3.15. The summed E-state index contributed by atoms with van der Waals surface area (Å²) in [7, 11) is 0. The first-order valence-corrected chi connectivity index (χ1v) is 3.80. The van der Waals surface area contributed by atoms with Gasteiger partial charge in [0, 0.05) is 4.88 Å². The normalized spacial score (nSPS) is 9.80. The molecule has 0 saturated heterocycles. The van der Waals surface area contributed by atoms with Crippen LogP contribution >= 0.6 is 22.9 Å². The monoisotopic (exact) mass is 176 g/mol. The summed E-state index contributed by atoms with van der Waals surface area (Å²) in [5.74, 6) is -0.916. The number of carboxylic acids is 1. The number of hydrogen-bond acceptors (Lipinski definition) is 2. The Morgan fingerprint density at radius 3 is 2.60 bits per heavy atom. The Bertz CT molecular complexity index is 267. The Morgan fingerprint density at radius 1 is 1.80 bits per heavy atom. The molecule has 0 aromatic carbocycles. The summed E-state index contributed by atoms with van der Waals surface area (Å²) in [6.07, 6.45) is 0. The zero-order chi connectivity index (χ0) is 7.72. The van der Waals surface area contributed by atoms with Crippen LogP contribution in [0.1, 0.15) is 15.2 Å². The van der Waals surface area contributed by atoms with Crippen molar-refractivity contribution in [1.82, 2.24) is 0 Å². The van der Waals surface area contributed by atoms with E-state index in [2.05, 4.69) is 0 Å². The van der Waals surface area contributed by atoms with Gasteiger partial charge in [-0.15, -0.1) is 11.3 Å². The predicted octanol–water partition coefficient (Wildman–Crippen LogP) is 2.41. The molecule has 0 unspecified atom stereocenters. The number of halogens is 1. The molecule has 1 heterocycles. The Morgan fingerprint density at radius 2 is 2.40 bits per heavy atom. The van der Waals surface area contributed by atoms with Crippen LogP contribution in [0.2, 0.25) is 4.34 Å². The van der Waals surface area contributed by atoms with E-state index in [4.69, 9.17) is 16.7 Å². The summed E-state index contributed by atoms with van der Waals surface area (Å²) >= 11 is 6.85. The smallest absolute Gasteiger partial charge is 0.336 e. The van der Waals surface area contributed by atoms with Crippen LogP contribution in [0, 0.1) is 6.92 Å². The van der Waals surface area contributed by atoms with Crippen molar-refractivity contribution in [3.05, 3.63) is 20.8 Å². The molecular formula is C6H5ClO2S. The topological polar surface area (TPSA) is 37.3 Å². The van der Waals surface area contributed by atoms with E-state index in [1.54, 1.807) is 6.92 Å². The van der Waals surface area contributed by atoms with E-state index < -0.39 is 5.97 Å². The molecule has 0 atom stereocenters. The van der Waals surface area contributed by atoms with Gasteiger partial charge in [0.2, 0.25) is 0 Å². The molecule has 1 rings (SSSR count). The van der Waals surface area contributed by atoms with Gasteiger partial charge in [-0.3, -0.25) is 0 Å². The van der Waals surface area contributed by atoms with E-state index in [1.807, 2.05) is 0 Å².